The van der Waals surface area contributed by atoms with Crippen LogP contribution in [0, 0.1) is 3.57 Å². The second kappa shape index (κ2) is 6.93. The van der Waals surface area contributed by atoms with Crippen LogP contribution in [0.3, 0.4) is 0 Å². The number of halogens is 3. The molecule has 0 radical (unpaired) electrons. The van der Waals surface area contributed by atoms with Crippen molar-refractivity contribution < 1.29 is 22.3 Å². The lowest BCUT2D eigenvalue weighted by molar-refractivity contribution is 0.145. The molecule has 0 aliphatic rings. The lowest BCUT2D eigenvalue weighted by Gasteiger charge is -2.09. The van der Waals surface area contributed by atoms with Gasteiger partial charge in [0.15, 0.2) is 0 Å². The summed E-state index contributed by atoms with van der Waals surface area (Å²) in [6.45, 7) is 0. The Labute approximate surface area is 161 Å². The summed E-state index contributed by atoms with van der Waals surface area (Å²) >= 11 is 1.93. The van der Waals surface area contributed by atoms with Crippen molar-refractivity contribution in [1.29, 1.82) is 0 Å². The summed E-state index contributed by atoms with van der Waals surface area (Å²) in [6, 6.07) is 11.3. The van der Waals surface area contributed by atoms with E-state index in [0.717, 1.165) is 0 Å². The third-order valence-corrected chi connectivity index (χ3v) is 5.40. The minimum atomic E-state index is -3.86. The molecule has 10 heteroatoms. The number of sulfonamides is 1. The van der Waals surface area contributed by atoms with Gasteiger partial charge in [0.1, 0.15) is 11.4 Å². The van der Waals surface area contributed by atoms with Gasteiger partial charge >= 0.3 is 0 Å². The molecule has 1 heterocycles. The molecule has 0 atom stereocenters. The normalized spacial score (nSPS) is 11.9. The number of hydrogen-bond acceptors (Lipinski definition) is 4. The van der Waals surface area contributed by atoms with E-state index in [1.54, 1.807) is 12.1 Å². The Bertz CT molecular complexity index is 1070. The zero-order chi connectivity index (χ0) is 19.1. The highest BCUT2D eigenvalue weighted by molar-refractivity contribution is 14.1. The zero-order valence-corrected chi connectivity index (χ0v) is 15.9. The highest BCUT2D eigenvalue weighted by Gasteiger charge is 2.19. The Balaban J connectivity index is 2.15. The van der Waals surface area contributed by atoms with Gasteiger partial charge in [-0.1, -0.05) is 0 Å². The quantitative estimate of drug-likeness (QED) is 0.547. The number of phenolic OH excluding ortho intramolecular Hbond substituents is 1. The monoisotopic (exact) mass is 491 g/mol. The van der Waals surface area contributed by atoms with Gasteiger partial charge in [0.2, 0.25) is 10.0 Å². The molecular weight excluding hydrogens is 479 g/mol. The molecule has 3 aromatic rings. The summed E-state index contributed by atoms with van der Waals surface area (Å²) in [6.07, 6.45) is -2.77. The highest BCUT2D eigenvalue weighted by atomic mass is 127. The van der Waals surface area contributed by atoms with Crippen molar-refractivity contribution >= 4 is 32.6 Å². The molecule has 0 aliphatic carbocycles. The van der Waals surface area contributed by atoms with Gasteiger partial charge in [0, 0.05) is 5.56 Å². The van der Waals surface area contributed by atoms with Crippen LogP contribution in [0.2, 0.25) is 0 Å². The predicted octanol–water partition coefficient (Wildman–Crippen LogP) is 3.43. The van der Waals surface area contributed by atoms with E-state index in [9.17, 15) is 22.3 Å². The van der Waals surface area contributed by atoms with Crippen molar-refractivity contribution in [3.63, 3.8) is 0 Å². The maximum absolute atomic E-state index is 13.1. The third-order valence-electron chi connectivity index (χ3n) is 3.61. The van der Waals surface area contributed by atoms with E-state index in [1.807, 2.05) is 22.6 Å². The molecular formula is C16H12F2IN3O3S. The van der Waals surface area contributed by atoms with E-state index >= 15 is 0 Å². The van der Waals surface area contributed by atoms with Gasteiger partial charge in [-0.15, -0.1) is 0 Å². The molecule has 26 heavy (non-hydrogen) atoms. The van der Waals surface area contributed by atoms with Crippen molar-refractivity contribution in [3.05, 3.63) is 57.8 Å². The number of hydrogen-bond donors (Lipinski definition) is 2. The summed E-state index contributed by atoms with van der Waals surface area (Å²) in [5, 5.41) is 18.6. The van der Waals surface area contributed by atoms with E-state index in [4.69, 9.17) is 5.14 Å². The number of benzene rings is 2. The minimum Gasteiger partial charge on any atom is -0.507 e. The Morgan fingerprint density at radius 1 is 1.12 bits per heavy atom. The third kappa shape index (κ3) is 3.71. The minimum absolute atomic E-state index is 0.0759. The molecule has 1 aromatic heterocycles. The van der Waals surface area contributed by atoms with Crippen LogP contribution in [-0.2, 0) is 10.0 Å². The second-order valence-electron chi connectivity index (χ2n) is 5.37. The number of alkyl halides is 2. The van der Waals surface area contributed by atoms with Crippen LogP contribution in [0.4, 0.5) is 8.78 Å². The Kier molecular flexibility index (Phi) is 4.99. The highest BCUT2D eigenvalue weighted by Crippen LogP contribution is 2.31. The standard InChI is InChI=1S/C16H12F2IN3O3S/c17-16(18)13-8-14(9-1-6-15(23)12(19)7-9)22(21-13)10-2-4-11(5-3-10)26(20,24)25/h1-8,16,23H,(H2,20,24,25). The molecule has 3 rings (SSSR count). The van der Waals surface area contributed by atoms with Gasteiger partial charge in [0.05, 0.1) is 19.8 Å². The molecule has 2 aromatic carbocycles. The van der Waals surface area contributed by atoms with Crippen molar-refractivity contribution in [1.82, 2.24) is 9.78 Å². The maximum atomic E-state index is 13.1. The van der Waals surface area contributed by atoms with Gasteiger partial charge in [-0.2, -0.15) is 5.10 Å². The maximum Gasteiger partial charge on any atom is 0.282 e. The Morgan fingerprint density at radius 3 is 2.31 bits per heavy atom. The molecule has 0 unspecified atom stereocenters. The first-order valence-electron chi connectivity index (χ1n) is 7.17. The molecule has 6 nitrogen and oxygen atoms in total. The zero-order valence-electron chi connectivity index (χ0n) is 13.0. The fraction of sp³-hybridized carbons (Fsp3) is 0.0625. The summed E-state index contributed by atoms with van der Waals surface area (Å²) < 4.78 is 50.9. The first kappa shape index (κ1) is 18.7. The molecule has 0 saturated carbocycles. The smallest absolute Gasteiger partial charge is 0.282 e. The molecule has 0 aliphatic heterocycles. The summed E-state index contributed by atoms with van der Waals surface area (Å²) in [5.74, 6) is 0.0759. The molecule has 136 valence electrons. The van der Waals surface area contributed by atoms with Gasteiger partial charge in [0.25, 0.3) is 6.43 Å². The topological polar surface area (TPSA) is 98.2 Å². The number of nitrogens with zero attached hydrogens (tertiary/aromatic N) is 2. The van der Waals surface area contributed by atoms with Crippen LogP contribution in [0.5, 0.6) is 5.75 Å². The fourth-order valence-electron chi connectivity index (χ4n) is 2.35. The molecule has 0 fully saturated rings. The van der Waals surface area contributed by atoms with Crippen LogP contribution in [0.15, 0.2) is 53.4 Å². The second-order valence-corrected chi connectivity index (χ2v) is 8.10. The number of aromatic hydroxyl groups is 1. The number of aromatic nitrogens is 2. The van der Waals surface area contributed by atoms with Gasteiger partial charge in [-0.05, 0) is 71.1 Å². The Morgan fingerprint density at radius 2 is 1.77 bits per heavy atom. The first-order chi connectivity index (χ1) is 12.2. The van der Waals surface area contributed by atoms with Crippen LogP contribution in [0.1, 0.15) is 12.1 Å². The van der Waals surface area contributed by atoms with E-state index in [0.29, 0.717) is 20.5 Å². The van der Waals surface area contributed by atoms with Crippen molar-refractivity contribution in [2.75, 3.05) is 0 Å². The largest absolute Gasteiger partial charge is 0.507 e. The number of rotatable bonds is 4. The van der Waals surface area contributed by atoms with E-state index in [2.05, 4.69) is 5.10 Å². The van der Waals surface area contributed by atoms with Crippen molar-refractivity contribution in [2.45, 2.75) is 11.3 Å². The van der Waals surface area contributed by atoms with E-state index in [-0.39, 0.29) is 10.6 Å². The molecule has 0 spiro atoms. The summed E-state index contributed by atoms with van der Waals surface area (Å²) in [5.41, 5.74) is 0.921. The van der Waals surface area contributed by atoms with Crippen molar-refractivity contribution in [3.8, 4) is 22.7 Å². The van der Waals surface area contributed by atoms with Crippen molar-refractivity contribution in [2.24, 2.45) is 5.14 Å². The van der Waals surface area contributed by atoms with Crippen LogP contribution >= 0.6 is 22.6 Å². The predicted molar refractivity (Wildman–Crippen MR) is 99.7 cm³/mol. The lowest BCUT2D eigenvalue weighted by Crippen LogP contribution is -2.12. The first-order valence-corrected chi connectivity index (χ1v) is 9.79. The summed E-state index contributed by atoms with van der Waals surface area (Å²) in [4.78, 5) is -0.0942. The van der Waals surface area contributed by atoms with E-state index < -0.39 is 22.1 Å². The molecule has 0 saturated heterocycles. The average Bonchev–Trinajstić information content (AvgIpc) is 3.02. The number of nitrogens with two attached hydrogens (primary N) is 1. The van der Waals surface area contributed by atoms with Gasteiger partial charge in [-0.25, -0.2) is 27.0 Å². The van der Waals surface area contributed by atoms with Gasteiger partial charge < -0.3 is 5.11 Å². The molecule has 0 amide bonds. The number of primary sulfonamides is 1. The van der Waals surface area contributed by atoms with Gasteiger partial charge in [-0.3, -0.25) is 0 Å². The average molecular weight is 491 g/mol. The van der Waals surface area contributed by atoms with E-state index in [1.165, 1.54) is 41.1 Å². The number of phenols is 1. The lowest BCUT2D eigenvalue weighted by atomic mass is 10.1. The fourth-order valence-corrected chi connectivity index (χ4v) is 3.38. The van der Waals surface area contributed by atoms with Crippen LogP contribution < -0.4 is 5.14 Å². The van der Waals surface area contributed by atoms with Crippen LogP contribution in [0.25, 0.3) is 16.9 Å². The molecule has 0 bridgehead atoms. The summed E-state index contributed by atoms with van der Waals surface area (Å²) in [7, 11) is -3.86. The van der Waals surface area contributed by atoms with Crippen LogP contribution in [-0.4, -0.2) is 23.3 Å². The SMILES string of the molecule is NS(=O)(=O)c1ccc(-n2nc(C(F)F)cc2-c2ccc(O)c(I)c2)cc1. The Hall–Kier alpha value is -2.05. The molecule has 3 N–H and O–H groups in total.